The van der Waals surface area contributed by atoms with Gasteiger partial charge in [-0.25, -0.2) is 9.18 Å². The predicted octanol–water partition coefficient (Wildman–Crippen LogP) is 6.30. The van der Waals surface area contributed by atoms with Gasteiger partial charge in [0.15, 0.2) is 0 Å². The van der Waals surface area contributed by atoms with E-state index in [9.17, 15) is 14.0 Å². The van der Waals surface area contributed by atoms with Crippen molar-refractivity contribution in [3.63, 3.8) is 0 Å². The Kier molecular flexibility index (Phi) is 8.58. The number of ether oxygens (including phenoxy) is 1. The van der Waals surface area contributed by atoms with E-state index in [1.807, 2.05) is 19.9 Å². The lowest BCUT2D eigenvalue weighted by atomic mass is 9.72. The Morgan fingerprint density at radius 3 is 2.69 bits per heavy atom. The second kappa shape index (κ2) is 11.8. The van der Waals surface area contributed by atoms with E-state index >= 15 is 0 Å². The number of nitrogens with zero attached hydrogens (tertiary/aromatic N) is 1. The summed E-state index contributed by atoms with van der Waals surface area (Å²) in [5.41, 5.74) is 2.03. The van der Waals surface area contributed by atoms with Crippen LogP contribution in [-0.4, -0.2) is 47.4 Å². The van der Waals surface area contributed by atoms with Crippen LogP contribution in [0, 0.1) is 22.6 Å². The lowest BCUT2D eigenvalue weighted by Crippen LogP contribution is -2.51. The van der Waals surface area contributed by atoms with Crippen LogP contribution in [-0.2, 0) is 20.7 Å². The molecule has 1 amide bonds. The molecule has 1 aromatic carbocycles. The zero-order valence-electron chi connectivity index (χ0n) is 23.5. The molecule has 0 aromatic heterocycles. The van der Waals surface area contributed by atoms with Crippen molar-refractivity contribution in [1.29, 1.82) is 0 Å². The number of thiocarbonyl (C=S) groups is 1. The third-order valence-corrected chi connectivity index (χ3v) is 10.5. The first-order valence-electron chi connectivity index (χ1n) is 14.9. The topological polar surface area (TPSA) is 58.6 Å². The quantitative estimate of drug-likeness (QED) is 0.317. The highest BCUT2D eigenvalue weighted by molar-refractivity contribution is 7.80. The number of nitrogens with one attached hydrogen (secondary N) is 1. The molecule has 5 rings (SSSR count). The van der Waals surface area contributed by atoms with Gasteiger partial charge in [0.1, 0.15) is 5.82 Å². The van der Waals surface area contributed by atoms with E-state index < -0.39 is 5.41 Å². The van der Waals surface area contributed by atoms with Gasteiger partial charge in [0, 0.05) is 16.6 Å². The smallest absolute Gasteiger partial charge is 0.335 e. The minimum atomic E-state index is -0.709. The Hall–Kier alpha value is -2.12. The molecule has 3 aliphatic carbocycles. The number of esters is 1. The lowest BCUT2D eigenvalue weighted by molar-refractivity contribution is -0.139. The van der Waals surface area contributed by atoms with Crippen molar-refractivity contribution in [1.82, 2.24) is 10.2 Å². The molecule has 4 aliphatic rings. The van der Waals surface area contributed by atoms with Crippen LogP contribution in [0.5, 0.6) is 0 Å². The third kappa shape index (κ3) is 6.45. The van der Waals surface area contributed by atoms with E-state index in [0.29, 0.717) is 30.6 Å². The lowest BCUT2D eigenvalue weighted by Gasteiger charge is -2.41. The molecule has 3 unspecified atom stereocenters. The molecule has 0 bridgehead atoms. The van der Waals surface area contributed by atoms with E-state index in [2.05, 4.69) is 10.2 Å². The van der Waals surface area contributed by atoms with Gasteiger partial charge in [-0.15, -0.1) is 0 Å². The second-order valence-corrected chi connectivity index (χ2v) is 13.1. The molecular formula is C32H43FN2O3S. The number of allylic oxidation sites excluding steroid dienone is 1. The molecule has 1 aliphatic heterocycles. The second-order valence-electron chi connectivity index (χ2n) is 12.6. The van der Waals surface area contributed by atoms with Crippen molar-refractivity contribution in [3.05, 3.63) is 46.9 Å². The molecule has 2 saturated carbocycles. The summed E-state index contributed by atoms with van der Waals surface area (Å²) in [6.45, 7) is 6.20. The van der Waals surface area contributed by atoms with Crippen LogP contribution in [0.4, 0.5) is 4.39 Å². The van der Waals surface area contributed by atoms with Gasteiger partial charge in [0.05, 0.1) is 17.6 Å². The zero-order chi connectivity index (χ0) is 27.6. The fourth-order valence-electron chi connectivity index (χ4n) is 6.98. The predicted molar refractivity (Wildman–Crippen MR) is 155 cm³/mol. The highest BCUT2D eigenvalue weighted by atomic mass is 32.1. The van der Waals surface area contributed by atoms with Crippen LogP contribution in [0.2, 0.25) is 0 Å². The fraction of sp³-hybridized carbons (Fsp3) is 0.656. The van der Waals surface area contributed by atoms with E-state index in [-0.39, 0.29) is 23.1 Å². The first kappa shape index (κ1) is 28.4. The normalized spacial score (nSPS) is 29.2. The first-order valence-corrected chi connectivity index (χ1v) is 15.3. The highest BCUT2D eigenvalue weighted by Crippen LogP contribution is 2.57. The summed E-state index contributed by atoms with van der Waals surface area (Å²) in [7, 11) is 0. The molecule has 1 spiro atoms. The van der Waals surface area contributed by atoms with Crippen LogP contribution < -0.4 is 5.32 Å². The maximum Gasteiger partial charge on any atom is 0.335 e. The first-order chi connectivity index (χ1) is 18.7. The van der Waals surface area contributed by atoms with Crippen LogP contribution in [0.1, 0.15) is 90.0 Å². The summed E-state index contributed by atoms with van der Waals surface area (Å²) in [6.07, 6.45) is 11.5. The van der Waals surface area contributed by atoms with Gasteiger partial charge >= 0.3 is 5.97 Å². The monoisotopic (exact) mass is 554 g/mol. The Balaban J connectivity index is 1.18. The van der Waals surface area contributed by atoms with Crippen LogP contribution >= 0.6 is 12.2 Å². The molecule has 1 N–H and O–H groups in total. The summed E-state index contributed by atoms with van der Waals surface area (Å²) in [6, 6.07) is 7.37. The van der Waals surface area contributed by atoms with Gasteiger partial charge in [0.2, 0.25) is 5.91 Å². The summed E-state index contributed by atoms with van der Waals surface area (Å²) >= 11 is 5.93. The number of carbonyl (C=O) groups is 2. The molecule has 1 aromatic rings. The van der Waals surface area contributed by atoms with Crippen molar-refractivity contribution >= 4 is 29.0 Å². The van der Waals surface area contributed by atoms with Crippen molar-refractivity contribution in [2.24, 2.45) is 16.7 Å². The number of hydrogen-bond donors (Lipinski definition) is 1. The molecule has 1 heterocycles. The van der Waals surface area contributed by atoms with Crippen LogP contribution in [0.3, 0.4) is 0 Å². The number of likely N-dealkylation sites (tertiary alicyclic amines) is 1. The number of benzene rings is 1. The zero-order valence-corrected chi connectivity index (χ0v) is 24.3. The van der Waals surface area contributed by atoms with Gasteiger partial charge in [-0.2, -0.15) is 0 Å². The molecule has 7 heteroatoms. The number of rotatable bonds is 7. The molecule has 5 nitrogen and oxygen atoms in total. The van der Waals surface area contributed by atoms with Crippen molar-refractivity contribution < 1.29 is 18.7 Å². The standard InChI is InChI=1S/C32H43FN2O3S/c1-3-38-29(36)26-21-32(14-15-32)13-10-27(26)34-30(37)31(2)12-9-25(20-28(31)39)35-16-5-7-22(11-17-35)18-23-6-4-8-24(33)19-23/h4,6,8,19,22,25H,3,5,7,9-18,20-21H2,1-2H3,(H,34,37). The Morgan fingerprint density at radius 2 is 1.97 bits per heavy atom. The number of carbonyl (C=O) groups excluding carboxylic acids is 2. The van der Waals surface area contributed by atoms with Crippen molar-refractivity contribution in [2.75, 3.05) is 19.7 Å². The van der Waals surface area contributed by atoms with Gasteiger partial charge < -0.3 is 15.0 Å². The minimum absolute atomic E-state index is 0.0690. The molecule has 212 valence electrons. The number of hydrogen-bond acceptors (Lipinski definition) is 5. The van der Waals surface area contributed by atoms with Gasteiger partial charge in [-0.05, 0) is 133 Å². The SMILES string of the molecule is CCOC(=O)C1=C(NC(=O)C2(C)CCC(N3CCCC(Cc4cccc(F)c4)CC3)CC2=S)CCC2(CC2)C1. The average molecular weight is 555 g/mol. The molecule has 0 radical (unpaired) electrons. The Morgan fingerprint density at radius 1 is 1.15 bits per heavy atom. The summed E-state index contributed by atoms with van der Waals surface area (Å²) in [5, 5.41) is 3.16. The van der Waals surface area contributed by atoms with Gasteiger partial charge in [-0.1, -0.05) is 24.4 Å². The van der Waals surface area contributed by atoms with Crippen molar-refractivity contribution in [2.45, 2.75) is 96.9 Å². The van der Waals surface area contributed by atoms with E-state index in [4.69, 9.17) is 17.0 Å². The van der Waals surface area contributed by atoms with Crippen molar-refractivity contribution in [3.8, 4) is 0 Å². The van der Waals surface area contributed by atoms with E-state index in [0.717, 1.165) is 99.8 Å². The maximum absolute atomic E-state index is 13.7. The van der Waals surface area contributed by atoms with E-state index in [1.165, 1.54) is 6.07 Å². The van der Waals surface area contributed by atoms with Crippen LogP contribution in [0.25, 0.3) is 0 Å². The maximum atomic E-state index is 13.7. The summed E-state index contributed by atoms with van der Waals surface area (Å²) in [5.74, 6) is 0.0531. The molecule has 39 heavy (non-hydrogen) atoms. The van der Waals surface area contributed by atoms with Gasteiger partial charge in [-0.3, -0.25) is 4.79 Å². The van der Waals surface area contributed by atoms with Crippen LogP contribution in [0.15, 0.2) is 35.5 Å². The summed E-state index contributed by atoms with van der Waals surface area (Å²) < 4.78 is 19.0. The Bertz CT molecular complexity index is 1150. The minimum Gasteiger partial charge on any atom is -0.463 e. The molecule has 1 saturated heterocycles. The average Bonchev–Trinajstić information content (AvgIpc) is 3.70. The summed E-state index contributed by atoms with van der Waals surface area (Å²) in [4.78, 5) is 29.8. The molecular weight excluding hydrogens is 511 g/mol. The number of amides is 1. The molecule has 3 fully saturated rings. The largest absolute Gasteiger partial charge is 0.463 e. The fourth-order valence-corrected chi connectivity index (χ4v) is 7.37. The van der Waals surface area contributed by atoms with E-state index in [1.54, 1.807) is 12.1 Å². The Labute approximate surface area is 237 Å². The molecule has 3 atom stereocenters. The third-order valence-electron chi connectivity index (χ3n) is 9.89. The van der Waals surface area contributed by atoms with Gasteiger partial charge in [0.25, 0.3) is 0 Å². The number of halogens is 1. The highest BCUT2D eigenvalue weighted by Gasteiger charge is 2.48.